The molecule has 2 fully saturated rings. The quantitative estimate of drug-likeness (QED) is 0.604. The number of pyridine rings is 1. The summed E-state index contributed by atoms with van der Waals surface area (Å²) in [6.45, 7) is 1.45. The van der Waals surface area contributed by atoms with Gasteiger partial charge in [-0.1, -0.05) is 36.4 Å². The Kier molecular flexibility index (Phi) is 6.48. The Hall–Kier alpha value is -2.65. The van der Waals surface area contributed by atoms with Crippen LogP contribution in [0.3, 0.4) is 0 Å². The molecule has 2 saturated heterocycles. The minimum Gasteiger partial charge on any atom is -0.395 e. The number of hydrogen-bond acceptors (Lipinski definition) is 5. The third-order valence-corrected chi connectivity index (χ3v) is 8.99. The van der Waals surface area contributed by atoms with Gasteiger partial charge < -0.3 is 5.11 Å². The van der Waals surface area contributed by atoms with Gasteiger partial charge in [0.15, 0.2) is 0 Å². The number of aliphatic hydroxyl groups is 1. The number of benzene rings is 2. The van der Waals surface area contributed by atoms with Crippen molar-refractivity contribution in [1.82, 2.24) is 14.2 Å². The Balaban J connectivity index is 1.44. The maximum absolute atomic E-state index is 14.4. The zero-order valence-corrected chi connectivity index (χ0v) is 19.6. The predicted octanol–water partition coefficient (Wildman–Crippen LogP) is 3.50. The Morgan fingerprint density at radius 2 is 1.62 bits per heavy atom. The van der Waals surface area contributed by atoms with Crippen LogP contribution >= 0.6 is 0 Å². The number of nitrogens with zero attached hydrogens (tertiary/aromatic N) is 3. The van der Waals surface area contributed by atoms with E-state index in [0.717, 1.165) is 29.7 Å². The van der Waals surface area contributed by atoms with E-state index in [1.54, 1.807) is 18.5 Å². The van der Waals surface area contributed by atoms with Gasteiger partial charge in [0.1, 0.15) is 10.7 Å². The van der Waals surface area contributed by atoms with Crippen LogP contribution in [0, 0.1) is 5.82 Å². The molecule has 5 rings (SSSR count). The van der Waals surface area contributed by atoms with Crippen molar-refractivity contribution in [2.75, 3.05) is 26.2 Å². The Morgan fingerprint density at radius 3 is 2.32 bits per heavy atom. The normalized spacial score (nSPS) is 24.0. The summed E-state index contributed by atoms with van der Waals surface area (Å²) in [7, 11) is -3.96. The molecule has 0 amide bonds. The van der Waals surface area contributed by atoms with Gasteiger partial charge in [-0.25, -0.2) is 12.8 Å². The van der Waals surface area contributed by atoms with E-state index in [9.17, 15) is 17.9 Å². The van der Waals surface area contributed by atoms with Crippen molar-refractivity contribution in [3.63, 3.8) is 0 Å². The van der Waals surface area contributed by atoms with Crippen molar-refractivity contribution >= 4 is 10.0 Å². The van der Waals surface area contributed by atoms with E-state index in [4.69, 9.17) is 0 Å². The van der Waals surface area contributed by atoms with E-state index in [2.05, 4.69) is 34.1 Å². The third-order valence-electron chi connectivity index (χ3n) is 7.10. The molecule has 34 heavy (non-hydrogen) atoms. The zero-order chi connectivity index (χ0) is 23.7. The fourth-order valence-electron chi connectivity index (χ4n) is 5.36. The SMILES string of the molecule is O=S(=O)(c1ccccc1F)N1CCCCN2[C@H](C1)[C@H](c1ccc(-c3ccncc3)cc1)[C@@H]2CO. The first kappa shape index (κ1) is 23.1. The van der Waals surface area contributed by atoms with E-state index in [1.165, 1.54) is 22.5 Å². The molecule has 3 aromatic rings. The van der Waals surface area contributed by atoms with Crippen LogP contribution in [0.25, 0.3) is 11.1 Å². The lowest BCUT2D eigenvalue weighted by molar-refractivity contribution is -0.0554. The number of aliphatic hydroxyl groups excluding tert-OH is 1. The standard InChI is InChI=1S/C26H28FN3O3S/c27-22-5-1-2-6-25(22)34(32,33)29-15-3-4-16-30-23(17-29)26(24(30)18-31)21-9-7-19(8-10-21)20-11-13-28-14-12-20/h1-2,5-14,23-24,26,31H,3-4,15-18H2/t23-,24+,26+/m1/s1. The molecule has 2 aromatic carbocycles. The van der Waals surface area contributed by atoms with Crippen molar-refractivity contribution in [3.05, 3.63) is 84.4 Å². The average molecular weight is 482 g/mol. The van der Waals surface area contributed by atoms with Crippen LogP contribution in [0.15, 0.2) is 78.0 Å². The first-order valence-corrected chi connectivity index (χ1v) is 13.1. The fourth-order valence-corrected chi connectivity index (χ4v) is 6.92. The molecule has 2 aliphatic rings. The summed E-state index contributed by atoms with van der Waals surface area (Å²) in [6.07, 6.45) is 5.03. The van der Waals surface area contributed by atoms with Gasteiger partial charge in [-0.2, -0.15) is 4.31 Å². The minimum absolute atomic E-state index is 0.00656. The van der Waals surface area contributed by atoms with Gasteiger partial charge in [-0.05, 0) is 60.3 Å². The van der Waals surface area contributed by atoms with Crippen LogP contribution in [0.4, 0.5) is 4.39 Å². The lowest BCUT2D eigenvalue weighted by Gasteiger charge is -2.57. The van der Waals surface area contributed by atoms with Gasteiger partial charge in [0.2, 0.25) is 10.0 Å². The summed E-state index contributed by atoms with van der Waals surface area (Å²) in [5.41, 5.74) is 3.22. The predicted molar refractivity (Wildman–Crippen MR) is 128 cm³/mol. The zero-order valence-electron chi connectivity index (χ0n) is 18.8. The monoisotopic (exact) mass is 481 g/mol. The molecular formula is C26H28FN3O3S. The lowest BCUT2D eigenvalue weighted by Crippen LogP contribution is -2.67. The van der Waals surface area contributed by atoms with E-state index < -0.39 is 15.8 Å². The summed E-state index contributed by atoms with van der Waals surface area (Å²) >= 11 is 0. The summed E-state index contributed by atoms with van der Waals surface area (Å²) in [4.78, 5) is 6.00. The second-order valence-corrected chi connectivity index (χ2v) is 10.8. The highest BCUT2D eigenvalue weighted by molar-refractivity contribution is 7.89. The molecule has 2 aliphatic heterocycles. The number of sulfonamides is 1. The fraction of sp³-hybridized carbons (Fsp3) is 0.346. The molecule has 0 spiro atoms. The molecule has 0 radical (unpaired) electrons. The highest BCUT2D eigenvalue weighted by Crippen LogP contribution is 2.43. The Morgan fingerprint density at radius 1 is 0.941 bits per heavy atom. The summed E-state index contributed by atoms with van der Waals surface area (Å²) < 4.78 is 42.5. The molecule has 3 atom stereocenters. The van der Waals surface area contributed by atoms with E-state index >= 15 is 0 Å². The second-order valence-electron chi connectivity index (χ2n) is 8.94. The van der Waals surface area contributed by atoms with Crippen molar-refractivity contribution in [2.45, 2.75) is 35.7 Å². The van der Waals surface area contributed by atoms with E-state index in [0.29, 0.717) is 13.0 Å². The third kappa shape index (κ3) is 4.15. The molecule has 0 unspecified atom stereocenters. The molecule has 0 saturated carbocycles. The Bertz CT molecular complexity index is 1240. The number of aromatic nitrogens is 1. The maximum Gasteiger partial charge on any atom is 0.246 e. The van der Waals surface area contributed by atoms with Crippen LogP contribution in [-0.2, 0) is 10.0 Å². The van der Waals surface area contributed by atoms with Crippen molar-refractivity contribution in [3.8, 4) is 11.1 Å². The van der Waals surface area contributed by atoms with Crippen LogP contribution in [0.2, 0.25) is 0 Å². The van der Waals surface area contributed by atoms with Crippen LogP contribution in [0.1, 0.15) is 24.3 Å². The summed E-state index contributed by atoms with van der Waals surface area (Å²) in [6, 6.07) is 17.6. The van der Waals surface area contributed by atoms with Gasteiger partial charge in [0.25, 0.3) is 0 Å². The summed E-state index contributed by atoms with van der Waals surface area (Å²) in [5.74, 6) is -0.737. The smallest absolute Gasteiger partial charge is 0.246 e. The molecule has 178 valence electrons. The molecule has 1 N–H and O–H groups in total. The van der Waals surface area contributed by atoms with Crippen LogP contribution in [-0.4, -0.2) is 66.0 Å². The van der Waals surface area contributed by atoms with Crippen molar-refractivity contribution < 1.29 is 17.9 Å². The first-order chi connectivity index (χ1) is 16.5. The number of fused-ring (bicyclic) bond motifs is 1. The maximum atomic E-state index is 14.4. The first-order valence-electron chi connectivity index (χ1n) is 11.6. The highest BCUT2D eigenvalue weighted by Gasteiger charge is 2.50. The van der Waals surface area contributed by atoms with Gasteiger partial charge in [-0.15, -0.1) is 0 Å². The largest absolute Gasteiger partial charge is 0.395 e. The van der Waals surface area contributed by atoms with Gasteiger partial charge in [0.05, 0.1) is 6.61 Å². The number of rotatable bonds is 5. The average Bonchev–Trinajstić information content (AvgIpc) is 2.84. The minimum atomic E-state index is -3.96. The van der Waals surface area contributed by atoms with Crippen LogP contribution in [0.5, 0.6) is 0 Å². The highest BCUT2D eigenvalue weighted by atomic mass is 32.2. The van der Waals surface area contributed by atoms with E-state index in [-0.39, 0.29) is 36.0 Å². The summed E-state index contributed by atoms with van der Waals surface area (Å²) in [5, 5.41) is 10.2. The van der Waals surface area contributed by atoms with Gasteiger partial charge in [-0.3, -0.25) is 9.88 Å². The molecule has 1 aromatic heterocycles. The van der Waals surface area contributed by atoms with Gasteiger partial charge >= 0.3 is 0 Å². The van der Waals surface area contributed by atoms with Crippen molar-refractivity contribution in [1.29, 1.82) is 0 Å². The van der Waals surface area contributed by atoms with E-state index in [1.807, 2.05) is 12.1 Å². The lowest BCUT2D eigenvalue weighted by atomic mass is 9.74. The molecule has 0 bridgehead atoms. The molecule has 3 heterocycles. The molecule has 0 aliphatic carbocycles. The Labute approximate surface area is 199 Å². The second kappa shape index (κ2) is 9.54. The molecule has 8 heteroatoms. The van der Waals surface area contributed by atoms with Crippen LogP contribution < -0.4 is 0 Å². The number of hydrogen-bond donors (Lipinski definition) is 1. The topological polar surface area (TPSA) is 73.7 Å². The number of halogens is 1. The van der Waals surface area contributed by atoms with Gasteiger partial charge in [0, 0.05) is 43.5 Å². The molecule has 6 nitrogen and oxygen atoms in total. The van der Waals surface area contributed by atoms with Crippen molar-refractivity contribution in [2.24, 2.45) is 0 Å². The molecular weight excluding hydrogens is 453 g/mol.